The van der Waals surface area contributed by atoms with E-state index in [1.54, 1.807) is 25.7 Å². The van der Waals surface area contributed by atoms with Crippen molar-refractivity contribution in [2.75, 3.05) is 13.1 Å². The van der Waals surface area contributed by atoms with Crippen LogP contribution in [-0.4, -0.2) is 52.3 Å². The van der Waals surface area contributed by atoms with Crippen LogP contribution >= 0.6 is 0 Å². The lowest BCUT2D eigenvalue weighted by Gasteiger charge is -2.47. The maximum atomic E-state index is 12.4. The number of hydrogen-bond acceptors (Lipinski definition) is 3. The molecule has 1 fully saturated rings. The van der Waals surface area contributed by atoms with Crippen LogP contribution in [0.25, 0.3) is 0 Å². The Morgan fingerprint density at radius 3 is 1.90 bits per heavy atom. The van der Waals surface area contributed by atoms with Gasteiger partial charge in [0.05, 0.1) is 24.3 Å². The zero-order valence-electron chi connectivity index (χ0n) is 14.1. The van der Waals surface area contributed by atoms with Gasteiger partial charge in [-0.25, -0.2) is 9.59 Å². The largest absolute Gasteiger partial charge is 0.480 e. The third-order valence-electron chi connectivity index (χ3n) is 3.36. The van der Waals surface area contributed by atoms with Gasteiger partial charge in [0.1, 0.15) is 6.04 Å². The van der Waals surface area contributed by atoms with Crippen LogP contribution in [0.5, 0.6) is 0 Å². The number of aliphatic carboxylic acids is 1. The Hall–Kier alpha value is -1.30. The van der Waals surface area contributed by atoms with Crippen molar-refractivity contribution >= 4 is 12.0 Å². The van der Waals surface area contributed by atoms with Crippen molar-refractivity contribution < 1.29 is 19.4 Å². The molecule has 0 aromatic heterocycles. The molecule has 0 spiro atoms. The summed E-state index contributed by atoms with van der Waals surface area (Å²) in [5.41, 5.74) is -1.47. The Morgan fingerprint density at radius 1 is 1.14 bits per heavy atom. The molecule has 1 rings (SSSR count). The molecule has 0 radical (unpaired) electrons. The molecule has 0 bridgehead atoms. The Morgan fingerprint density at radius 2 is 1.57 bits per heavy atom. The summed E-state index contributed by atoms with van der Waals surface area (Å²) in [6.07, 6.45) is 0. The van der Waals surface area contributed by atoms with Crippen LogP contribution in [0.1, 0.15) is 48.5 Å². The monoisotopic (exact) mass is 300 g/mol. The van der Waals surface area contributed by atoms with Crippen molar-refractivity contribution in [2.45, 2.75) is 65.7 Å². The number of carbonyl (C=O) groups excluding carboxylic acids is 1. The van der Waals surface area contributed by atoms with E-state index in [-0.39, 0.29) is 6.03 Å². The first-order chi connectivity index (χ1) is 9.23. The van der Waals surface area contributed by atoms with Crippen LogP contribution in [0.3, 0.4) is 0 Å². The average Bonchev–Trinajstić information content (AvgIpc) is 2.18. The molecule has 1 atom stereocenters. The highest BCUT2D eigenvalue weighted by atomic mass is 16.5. The molecule has 1 aliphatic heterocycles. The highest BCUT2D eigenvalue weighted by molar-refractivity contribution is 5.83. The summed E-state index contributed by atoms with van der Waals surface area (Å²) in [4.78, 5) is 25.4. The lowest BCUT2D eigenvalue weighted by molar-refractivity contribution is -0.170. The third-order valence-corrected chi connectivity index (χ3v) is 3.36. The molecule has 2 amide bonds. The van der Waals surface area contributed by atoms with Crippen LogP contribution in [0.15, 0.2) is 0 Å². The normalized spacial score (nSPS) is 22.5. The fourth-order valence-corrected chi connectivity index (χ4v) is 2.79. The molecule has 0 aromatic rings. The Bertz CT molecular complexity index is 408. The van der Waals surface area contributed by atoms with Gasteiger partial charge in [0, 0.05) is 0 Å². The number of carboxylic acids is 1. The van der Waals surface area contributed by atoms with E-state index in [1.165, 1.54) is 0 Å². The fraction of sp³-hybridized carbons (Fsp3) is 0.867. The van der Waals surface area contributed by atoms with Gasteiger partial charge in [-0.05, 0) is 33.1 Å². The lowest BCUT2D eigenvalue weighted by atomic mass is 9.87. The van der Waals surface area contributed by atoms with Gasteiger partial charge in [-0.1, -0.05) is 20.8 Å². The first kappa shape index (κ1) is 17.8. The Labute approximate surface area is 126 Å². The highest BCUT2D eigenvalue weighted by Crippen LogP contribution is 2.28. The first-order valence-corrected chi connectivity index (χ1v) is 7.22. The van der Waals surface area contributed by atoms with E-state index in [1.807, 2.05) is 27.7 Å². The van der Waals surface area contributed by atoms with Crippen LogP contribution in [0.4, 0.5) is 4.79 Å². The SMILES string of the molecule is CC1(C)CN(C(=O)N[C@@H](C(=O)O)C(C)(C)C)CC(C)(C)O1. The number of hydrogen-bond donors (Lipinski definition) is 2. The van der Waals surface area contributed by atoms with Gasteiger partial charge in [0.2, 0.25) is 0 Å². The van der Waals surface area contributed by atoms with E-state index in [4.69, 9.17) is 4.74 Å². The van der Waals surface area contributed by atoms with Gasteiger partial charge in [-0.3, -0.25) is 0 Å². The number of rotatable bonds is 2. The smallest absolute Gasteiger partial charge is 0.326 e. The van der Waals surface area contributed by atoms with Gasteiger partial charge < -0.3 is 20.1 Å². The number of nitrogens with one attached hydrogen (secondary N) is 1. The Balaban J connectivity index is 2.85. The minimum Gasteiger partial charge on any atom is -0.480 e. The quantitative estimate of drug-likeness (QED) is 0.818. The molecule has 0 saturated carbocycles. The summed E-state index contributed by atoms with van der Waals surface area (Å²) in [7, 11) is 0. The molecule has 122 valence electrons. The number of urea groups is 1. The number of nitrogens with zero attached hydrogens (tertiary/aromatic N) is 1. The van der Waals surface area contributed by atoms with E-state index in [9.17, 15) is 14.7 Å². The number of ether oxygens (including phenoxy) is 1. The molecule has 1 heterocycles. The van der Waals surface area contributed by atoms with Crippen molar-refractivity contribution in [2.24, 2.45) is 5.41 Å². The van der Waals surface area contributed by atoms with Gasteiger partial charge in [0.15, 0.2) is 0 Å². The summed E-state index contributed by atoms with van der Waals surface area (Å²) in [6.45, 7) is 13.9. The molecule has 2 N–H and O–H groups in total. The molecule has 21 heavy (non-hydrogen) atoms. The summed E-state index contributed by atoms with van der Waals surface area (Å²) in [5.74, 6) is -1.03. The molecule has 0 unspecified atom stereocenters. The maximum Gasteiger partial charge on any atom is 0.326 e. The summed E-state index contributed by atoms with van der Waals surface area (Å²) >= 11 is 0. The second-order valence-corrected chi connectivity index (χ2v) is 8.06. The third kappa shape index (κ3) is 4.88. The van der Waals surface area contributed by atoms with E-state index in [2.05, 4.69) is 5.32 Å². The minimum atomic E-state index is -1.03. The topological polar surface area (TPSA) is 78.9 Å². The molecule has 1 aliphatic rings. The van der Waals surface area contributed by atoms with Crippen molar-refractivity contribution in [1.29, 1.82) is 0 Å². The lowest BCUT2D eigenvalue weighted by Crippen LogP contribution is -2.62. The minimum absolute atomic E-state index is 0.359. The van der Waals surface area contributed by atoms with Crippen molar-refractivity contribution in [3.63, 3.8) is 0 Å². The van der Waals surface area contributed by atoms with Crippen molar-refractivity contribution in [1.82, 2.24) is 10.2 Å². The highest BCUT2D eigenvalue weighted by Gasteiger charge is 2.41. The molecular formula is C15H28N2O4. The summed E-state index contributed by atoms with van der Waals surface area (Å²) in [5, 5.41) is 11.9. The van der Waals surface area contributed by atoms with Gasteiger partial charge in [-0.2, -0.15) is 0 Å². The molecule has 6 nitrogen and oxygen atoms in total. The second kappa shape index (κ2) is 5.48. The van der Waals surface area contributed by atoms with E-state index in [0.29, 0.717) is 13.1 Å². The van der Waals surface area contributed by atoms with E-state index < -0.39 is 28.6 Å². The zero-order chi connectivity index (χ0) is 16.6. The Kier molecular flexibility index (Phi) is 4.63. The molecular weight excluding hydrogens is 272 g/mol. The fourth-order valence-electron chi connectivity index (χ4n) is 2.79. The molecule has 6 heteroatoms. The average molecular weight is 300 g/mol. The summed E-state index contributed by atoms with van der Waals surface area (Å²) in [6, 6.07) is -1.29. The number of morpholine rings is 1. The zero-order valence-corrected chi connectivity index (χ0v) is 14.1. The van der Waals surface area contributed by atoms with Gasteiger partial charge >= 0.3 is 12.0 Å². The summed E-state index contributed by atoms with van der Waals surface area (Å²) < 4.78 is 5.92. The van der Waals surface area contributed by atoms with Crippen molar-refractivity contribution in [3.8, 4) is 0 Å². The van der Waals surface area contributed by atoms with Crippen LogP contribution in [-0.2, 0) is 9.53 Å². The predicted molar refractivity (Wildman–Crippen MR) is 80.2 cm³/mol. The standard InChI is InChI=1S/C15H28N2O4/c1-13(2,3)10(11(18)19)16-12(20)17-8-14(4,5)21-15(6,7)9-17/h10H,8-9H2,1-7H3,(H,16,20)(H,18,19)/t10-/m0/s1. The predicted octanol–water partition coefficient (Wildman–Crippen LogP) is 2.08. The number of amides is 2. The van der Waals surface area contributed by atoms with Crippen LogP contribution in [0.2, 0.25) is 0 Å². The van der Waals surface area contributed by atoms with Crippen LogP contribution < -0.4 is 5.32 Å². The van der Waals surface area contributed by atoms with Crippen molar-refractivity contribution in [3.05, 3.63) is 0 Å². The number of carbonyl (C=O) groups is 2. The second-order valence-electron chi connectivity index (χ2n) is 8.06. The maximum absolute atomic E-state index is 12.4. The van der Waals surface area contributed by atoms with Gasteiger partial charge in [0.25, 0.3) is 0 Å². The molecule has 0 aliphatic carbocycles. The molecule has 1 saturated heterocycles. The van der Waals surface area contributed by atoms with E-state index >= 15 is 0 Å². The number of carboxylic acid groups (broad SMARTS) is 1. The molecule has 0 aromatic carbocycles. The van der Waals surface area contributed by atoms with Gasteiger partial charge in [-0.15, -0.1) is 0 Å². The van der Waals surface area contributed by atoms with Crippen LogP contribution in [0, 0.1) is 5.41 Å². The van der Waals surface area contributed by atoms with E-state index in [0.717, 1.165) is 0 Å². The first-order valence-electron chi connectivity index (χ1n) is 7.22.